The smallest absolute Gasteiger partial charge is 0.311 e. The Morgan fingerprint density at radius 3 is 1.21 bits per heavy atom. The highest BCUT2D eigenvalue weighted by Crippen LogP contribution is 2.22. The van der Waals surface area contributed by atoms with Gasteiger partial charge in [0.15, 0.2) is 0 Å². The fraction of sp³-hybridized carbons (Fsp3) is 0.839. The van der Waals surface area contributed by atoms with Crippen LogP contribution in [0.1, 0.15) is 124 Å². The van der Waals surface area contributed by atoms with Gasteiger partial charge < -0.3 is 19.8 Å². The molecule has 3 atom stereocenters. The Labute approximate surface area is 232 Å². The van der Waals surface area contributed by atoms with Crippen LogP contribution >= 0.6 is 0 Å². The van der Waals surface area contributed by atoms with Crippen molar-refractivity contribution < 1.29 is 34.2 Å². The number of carboxylic acid groups (broad SMARTS) is 3. The van der Waals surface area contributed by atoms with Crippen LogP contribution in [0.25, 0.3) is 0 Å². The van der Waals surface area contributed by atoms with Crippen LogP contribution in [-0.4, -0.2) is 63.9 Å². The first kappa shape index (κ1) is 36.1. The number of unbranched alkanes of at least 4 members (excludes halogenated alkanes) is 13. The van der Waals surface area contributed by atoms with Gasteiger partial charge in [0.05, 0.1) is 26.2 Å². The molecule has 0 aromatic heterocycles. The zero-order valence-corrected chi connectivity index (χ0v) is 24.8. The van der Waals surface area contributed by atoms with Crippen molar-refractivity contribution in [3.8, 4) is 0 Å². The molecule has 3 unspecified atom stereocenters. The van der Waals surface area contributed by atoms with E-state index in [1.807, 2.05) is 0 Å². The number of aliphatic carboxylic acids is 3. The second kappa shape index (κ2) is 22.0. The Morgan fingerprint density at radius 1 is 0.553 bits per heavy atom. The second-order valence-corrected chi connectivity index (χ2v) is 11.6. The number of hydrogen-bond acceptors (Lipinski definition) is 3. The Kier molecular flexibility index (Phi) is 20.9. The van der Waals surface area contributed by atoms with Gasteiger partial charge in [-0.05, 0) is 59.3 Å². The summed E-state index contributed by atoms with van der Waals surface area (Å²) in [5, 5.41) is 28.5. The van der Waals surface area contributed by atoms with E-state index in [2.05, 4.69) is 19.1 Å². The van der Waals surface area contributed by atoms with E-state index in [1.165, 1.54) is 70.6 Å². The van der Waals surface area contributed by atoms with Crippen molar-refractivity contribution in [1.82, 2.24) is 0 Å². The molecule has 0 aromatic carbocycles. The van der Waals surface area contributed by atoms with Crippen molar-refractivity contribution in [2.75, 3.05) is 26.2 Å². The Bertz CT molecular complexity index is 622. The molecule has 0 saturated carbocycles. The van der Waals surface area contributed by atoms with Crippen LogP contribution in [-0.2, 0) is 14.4 Å². The minimum Gasteiger partial charge on any atom is -0.481 e. The maximum atomic E-state index is 11.6. The molecular formula is C31H58NO6+. The third-order valence-electron chi connectivity index (χ3n) is 7.64. The van der Waals surface area contributed by atoms with Crippen LogP contribution in [0.4, 0.5) is 0 Å². The molecule has 0 radical (unpaired) electrons. The highest BCUT2D eigenvalue weighted by atomic mass is 16.4. The quantitative estimate of drug-likeness (QED) is 0.0599. The molecule has 38 heavy (non-hydrogen) atoms. The van der Waals surface area contributed by atoms with E-state index in [-0.39, 0.29) is 24.1 Å². The van der Waals surface area contributed by atoms with Crippen LogP contribution in [0.3, 0.4) is 0 Å². The van der Waals surface area contributed by atoms with Gasteiger partial charge in [0.2, 0.25) is 0 Å². The van der Waals surface area contributed by atoms with Gasteiger partial charge in [0.25, 0.3) is 0 Å². The lowest BCUT2D eigenvalue weighted by atomic mass is 10.00. The lowest BCUT2D eigenvalue weighted by Crippen LogP contribution is -2.57. The third kappa shape index (κ3) is 18.4. The molecule has 0 aromatic rings. The zero-order chi connectivity index (χ0) is 28.8. The predicted molar refractivity (Wildman–Crippen MR) is 154 cm³/mol. The average Bonchev–Trinajstić information content (AvgIpc) is 2.85. The molecule has 0 saturated heterocycles. The largest absolute Gasteiger partial charge is 0.481 e. The summed E-state index contributed by atoms with van der Waals surface area (Å²) in [6.07, 6.45) is 22.8. The van der Waals surface area contributed by atoms with E-state index in [0.717, 1.165) is 25.7 Å². The monoisotopic (exact) mass is 540 g/mol. The summed E-state index contributed by atoms with van der Waals surface area (Å²) in [5.41, 5.74) is 0. The van der Waals surface area contributed by atoms with Gasteiger partial charge in [0.1, 0.15) is 17.8 Å². The highest BCUT2D eigenvalue weighted by molar-refractivity contribution is 5.70. The minimum absolute atomic E-state index is 0.223. The van der Waals surface area contributed by atoms with Crippen molar-refractivity contribution in [1.29, 1.82) is 0 Å². The van der Waals surface area contributed by atoms with Crippen LogP contribution in [0.15, 0.2) is 12.2 Å². The summed E-state index contributed by atoms with van der Waals surface area (Å²) in [6, 6.07) is 0. The summed E-state index contributed by atoms with van der Waals surface area (Å²) in [7, 11) is 0. The molecular weight excluding hydrogens is 482 g/mol. The maximum Gasteiger partial charge on any atom is 0.311 e. The molecule has 0 spiro atoms. The number of quaternary nitrogens is 1. The van der Waals surface area contributed by atoms with Gasteiger partial charge in [-0.25, -0.2) is 0 Å². The first-order valence-electron chi connectivity index (χ1n) is 15.2. The molecule has 0 aliphatic heterocycles. The van der Waals surface area contributed by atoms with Crippen molar-refractivity contribution in [2.45, 2.75) is 124 Å². The number of rotatable bonds is 26. The Hall–Kier alpha value is -1.89. The first-order chi connectivity index (χ1) is 18.0. The Balaban J connectivity index is 4.45. The third-order valence-corrected chi connectivity index (χ3v) is 7.64. The van der Waals surface area contributed by atoms with E-state index in [0.29, 0.717) is 6.54 Å². The molecule has 0 rings (SSSR count). The maximum absolute atomic E-state index is 11.6. The molecule has 7 heteroatoms. The topological polar surface area (TPSA) is 112 Å². The number of carboxylic acids is 3. The highest BCUT2D eigenvalue weighted by Gasteiger charge is 2.38. The summed E-state index contributed by atoms with van der Waals surface area (Å²) in [6.45, 7) is 8.46. The van der Waals surface area contributed by atoms with Crippen molar-refractivity contribution >= 4 is 17.9 Å². The van der Waals surface area contributed by atoms with Gasteiger partial charge in [-0.15, -0.1) is 0 Å². The van der Waals surface area contributed by atoms with E-state index < -0.39 is 35.7 Å². The molecule has 0 aliphatic rings. The standard InChI is InChI=1S/C31H57NO6/c1-5-6-7-8-9-10-11-12-13-14-15-16-17-18-19-20-21-22-32(23-26(2)29(33)34,24-27(3)30(35)36)25-28(4)31(37)38/h11-12,26-28H,5-10,13-25H2,1-4H3,(H2-,33,34,35,36,37,38)/p+1/b12-11+. The molecule has 0 fully saturated rings. The summed E-state index contributed by atoms with van der Waals surface area (Å²) < 4.78 is 0.223. The van der Waals surface area contributed by atoms with Gasteiger partial charge >= 0.3 is 17.9 Å². The van der Waals surface area contributed by atoms with Crippen molar-refractivity contribution in [3.63, 3.8) is 0 Å². The van der Waals surface area contributed by atoms with E-state index in [1.54, 1.807) is 20.8 Å². The molecule has 0 bridgehead atoms. The minimum atomic E-state index is -0.934. The fourth-order valence-corrected chi connectivity index (χ4v) is 5.35. The van der Waals surface area contributed by atoms with Gasteiger partial charge in [-0.2, -0.15) is 0 Å². The van der Waals surface area contributed by atoms with Crippen LogP contribution in [0, 0.1) is 17.8 Å². The van der Waals surface area contributed by atoms with Crippen molar-refractivity contribution in [3.05, 3.63) is 12.2 Å². The predicted octanol–water partition coefficient (Wildman–Crippen LogP) is 7.39. The lowest BCUT2D eigenvalue weighted by Gasteiger charge is -2.42. The first-order valence-corrected chi connectivity index (χ1v) is 15.2. The lowest BCUT2D eigenvalue weighted by molar-refractivity contribution is -0.934. The summed E-state index contributed by atoms with van der Waals surface area (Å²) in [5.74, 6) is -4.81. The van der Waals surface area contributed by atoms with Crippen LogP contribution in [0.5, 0.6) is 0 Å². The summed E-state index contributed by atoms with van der Waals surface area (Å²) >= 11 is 0. The molecule has 0 heterocycles. The Morgan fingerprint density at radius 2 is 0.868 bits per heavy atom. The number of nitrogens with zero attached hydrogens (tertiary/aromatic N) is 1. The molecule has 222 valence electrons. The number of hydrogen-bond donors (Lipinski definition) is 3. The van der Waals surface area contributed by atoms with Crippen LogP contribution in [0.2, 0.25) is 0 Å². The van der Waals surface area contributed by atoms with E-state index >= 15 is 0 Å². The zero-order valence-electron chi connectivity index (χ0n) is 24.8. The summed E-state index contributed by atoms with van der Waals surface area (Å²) in [4.78, 5) is 34.8. The van der Waals surface area contributed by atoms with E-state index in [9.17, 15) is 29.7 Å². The normalized spacial score (nSPS) is 15.7. The van der Waals surface area contributed by atoms with Gasteiger partial charge in [-0.1, -0.05) is 76.9 Å². The van der Waals surface area contributed by atoms with Crippen molar-refractivity contribution in [2.24, 2.45) is 17.8 Å². The SMILES string of the molecule is CCCCCCC/C=C/CCCCCCCCCC[N+](CC(C)C(=O)O)(CC(C)C(=O)O)CC(C)C(=O)O. The van der Waals surface area contributed by atoms with Gasteiger partial charge in [0, 0.05) is 0 Å². The fourth-order valence-electron chi connectivity index (χ4n) is 5.35. The second-order valence-electron chi connectivity index (χ2n) is 11.6. The molecule has 7 nitrogen and oxygen atoms in total. The molecule has 0 amide bonds. The van der Waals surface area contributed by atoms with Gasteiger partial charge in [-0.3, -0.25) is 14.4 Å². The molecule has 0 aliphatic carbocycles. The average molecular weight is 541 g/mol. The number of carbonyl (C=O) groups is 3. The molecule has 3 N–H and O–H groups in total. The van der Waals surface area contributed by atoms with E-state index in [4.69, 9.17) is 0 Å². The number of allylic oxidation sites excluding steroid dienone is 2. The van der Waals surface area contributed by atoms with Crippen LogP contribution < -0.4 is 0 Å².